The average molecular weight is 343 g/mol. The number of anilines is 3. The van der Waals surface area contributed by atoms with E-state index in [9.17, 15) is 5.11 Å². The van der Waals surface area contributed by atoms with Gasteiger partial charge in [0.1, 0.15) is 11.4 Å². The maximum atomic E-state index is 10.6. The van der Waals surface area contributed by atoms with E-state index in [1.54, 1.807) is 17.8 Å². The third-order valence-electron chi connectivity index (χ3n) is 4.80. The molecule has 0 radical (unpaired) electrons. The van der Waals surface area contributed by atoms with Crippen LogP contribution < -0.4 is 4.90 Å². The van der Waals surface area contributed by atoms with Crippen LogP contribution in [-0.4, -0.2) is 5.11 Å². The van der Waals surface area contributed by atoms with Gasteiger partial charge in [0.05, 0.1) is 11.4 Å². The zero-order valence-electron chi connectivity index (χ0n) is 13.9. The molecule has 25 heavy (non-hydrogen) atoms. The molecule has 5 rings (SSSR count). The number of benzene rings is 3. The molecule has 1 aliphatic heterocycles. The normalized spacial score (nSPS) is 14.6. The maximum absolute atomic E-state index is 10.6. The molecule has 0 bridgehead atoms. The van der Waals surface area contributed by atoms with E-state index in [1.807, 2.05) is 6.07 Å². The van der Waals surface area contributed by atoms with Gasteiger partial charge in [0, 0.05) is 15.4 Å². The SMILES string of the molecule is CC1=Cc2c(cccc2N2c3ccccc3Sc3cccc(O)c32)C1. The molecule has 3 aromatic rings. The van der Waals surface area contributed by atoms with Crippen molar-refractivity contribution in [3.05, 3.63) is 77.4 Å². The van der Waals surface area contributed by atoms with Gasteiger partial charge in [-0.2, -0.15) is 0 Å². The molecule has 0 aromatic heterocycles. The molecular weight excluding hydrogens is 326 g/mol. The molecule has 0 unspecified atom stereocenters. The molecule has 122 valence electrons. The second kappa shape index (κ2) is 5.43. The second-order valence-electron chi connectivity index (χ2n) is 6.55. The molecule has 0 saturated carbocycles. The van der Waals surface area contributed by atoms with Crippen molar-refractivity contribution in [2.45, 2.75) is 23.1 Å². The number of phenols is 1. The molecule has 1 aliphatic carbocycles. The fraction of sp³-hybridized carbons (Fsp3) is 0.0909. The van der Waals surface area contributed by atoms with Gasteiger partial charge < -0.3 is 10.0 Å². The Kier molecular flexibility index (Phi) is 3.19. The number of hydrogen-bond acceptors (Lipinski definition) is 3. The van der Waals surface area contributed by atoms with Crippen LogP contribution in [0, 0.1) is 0 Å². The van der Waals surface area contributed by atoms with Gasteiger partial charge in [0.15, 0.2) is 0 Å². The third-order valence-corrected chi connectivity index (χ3v) is 5.92. The largest absolute Gasteiger partial charge is 0.506 e. The van der Waals surface area contributed by atoms with Gasteiger partial charge in [0.2, 0.25) is 0 Å². The van der Waals surface area contributed by atoms with Crippen LogP contribution >= 0.6 is 11.8 Å². The van der Waals surface area contributed by atoms with E-state index in [0.717, 1.165) is 28.4 Å². The minimum atomic E-state index is 0.316. The van der Waals surface area contributed by atoms with Crippen LogP contribution in [0.4, 0.5) is 17.1 Å². The maximum Gasteiger partial charge on any atom is 0.140 e. The zero-order chi connectivity index (χ0) is 17.0. The molecule has 0 saturated heterocycles. The van der Waals surface area contributed by atoms with Crippen molar-refractivity contribution in [1.29, 1.82) is 0 Å². The van der Waals surface area contributed by atoms with E-state index >= 15 is 0 Å². The summed E-state index contributed by atoms with van der Waals surface area (Å²) in [5, 5.41) is 10.6. The monoisotopic (exact) mass is 343 g/mol. The van der Waals surface area contributed by atoms with Gasteiger partial charge in [-0.25, -0.2) is 0 Å². The quantitative estimate of drug-likeness (QED) is 0.439. The van der Waals surface area contributed by atoms with Crippen molar-refractivity contribution in [2.24, 2.45) is 0 Å². The van der Waals surface area contributed by atoms with Gasteiger partial charge >= 0.3 is 0 Å². The number of allylic oxidation sites excluding steroid dienone is 1. The summed E-state index contributed by atoms with van der Waals surface area (Å²) in [6.07, 6.45) is 3.27. The van der Waals surface area contributed by atoms with Crippen LogP contribution in [-0.2, 0) is 6.42 Å². The highest BCUT2D eigenvalue weighted by Gasteiger charge is 2.29. The molecule has 0 amide bonds. The Labute approximate surface area is 151 Å². The minimum absolute atomic E-state index is 0.316. The lowest BCUT2D eigenvalue weighted by molar-refractivity contribution is 0.475. The van der Waals surface area contributed by atoms with Crippen molar-refractivity contribution < 1.29 is 5.11 Å². The van der Waals surface area contributed by atoms with E-state index in [-0.39, 0.29) is 0 Å². The summed E-state index contributed by atoms with van der Waals surface area (Å²) in [4.78, 5) is 4.50. The van der Waals surface area contributed by atoms with Crippen LogP contribution in [0.1, 0.15) is 18.1 Å². The Morgan fingerprint density at radius 3 is 2.56 bits per heavy atom. The van der Waals surface area contributed by atoms with Crippen LogP contribution in [0.3, 0.4) is 0 Å². The van der Waals surface area contributed by atoms with Crippen LogP contribution in [0.2, 0.25) is 0 Å². The topological polar surface area (TPSA) is 23.5 Å². The Hall–Kier alpha value is -2.65. The van der Waals surface area contributed by atoms with Gasteiger partial charge in [-0.05, 0) is 49.2 Å². The zero-order valence-corrected chi connectivity index (χ0v) is 14.7. The highest BCUT2D eigenvalue weighted by Crippen LogP contribution is 2.55. The lowest BCUT2D eigenvalue weighted by atomic mass is 10.0. The van der Waals surface area contributed by atoms with E-state index in [4.69, 9.17) is 0 Å². The van der Waals surface area contributed by atoms with Gasteiger partial charge in [-0.3, -0.25) is 0 Å². The summed E-state index contributed by atoms with van der Waals surface area (Å²) in [5.74, 6) is 0.316. The number of para-hydroxylation sites is 2. The number of hydrogen-bond donors (Lipinski definition) is 1. The van der Waals surface area contributed by atoms with E-state index in [2.05, 4.69) is 66.4 Å². The number of phenolic OH excluding ortho intramolecular Hbond substituents is 1. The first-order chi connectivity index (χ1) is 12.2. The average Bonchev–Trinajstić information content (AvgIpc) is 3.00. The minimum Gasteiger partial charge on any atom is -0.506 e. The summed E-state index contributed by atoms with van der Waals surface area (Å²) in [6, 6.07) is 20.6. The van der Waals surface area contributed by atoms with Gasteiger partial charge in [-0.1, -0.05) is 53.7 Å². The smallest absolute Gasteiger partial charge is 0.140 e. The molecule has 2 nitrogen and oxygen atoms in total. The molecule has 3 heteroatoms. The summed E-state index contributed by atoms with van der Waals surface area (Å²) in [5.41, 5.74) is 7.11. The predicted molar refractivity (Wildman–Crippen MR) is 104 cm³/mol. The first kappa shape index (κ1) is 14.7. The fourth-order valence-electron chi connectivity index (χ4n) is 3.75. The standard InChI is InChI=1S/C22H17NOS/c1-14-12-15-6-4-8-17(16(15)13-14)23-18-7-2-3-10-20(18)25-21-11-5-9-19(24)22(21)23/h2-11,13,24H,12H2,1H3. The highest BCUT2D eigenvalue weighted by molar-refractivity contribution is 7.99. The van der Waals surface area contributed by atoms with Crippen molar-refractivity contribution >= 4 is 34.9 Å². The Bertz CT molecular complexity index is 1040. The first-order valence-electron chi connectivity index (χ1n) is 8.40. The molecule has 0 atom stereocenters. The van der Waals surface area contributed by atoms with Crippen LogP contribution in [0.25, 0.3) is 6.08 Å². The third kappa shape index (κ3) is 2.19. The second-order valence-corrected chi connectivity index (χ2v) is 7.63. The summed E-state index contributed by atoms with van der Waals surface area (Å²) in [7, 11) is 0. The molecule has 1 N–H and O–H groups in total. The number of fused-ring (bicyclic) bond motifs is 3. The van der Waals surface area contributed by atoms with Crippen molar-refractivity contribution in [2.75, 3.05) is 4.90 Å². The van der Waals surface area contributed by atoms with E-state index < -0.39 is 0 Å². The summed E-state index contributed by atoms with van der Waals surface area (Å²) in [6.45, 7) is 2.18. The Morgan fingerprint density at radius 1 is 0.880 bits per heavy atom. The van der Waals surface area contributed by atoms with Crippen LogP contribution in [0.15, 0.2) is 76.0 Å². The molecule has 3 aromatic carbocycles. The lowest BCUT2D eigenvalue weighted by Gasteiger charge is -2.34. The number of nitrogens with zero attached hydrogens (tertiary/aromatic N) is 1. The molecule has 1 heterocycles. The highest BCUT2D eigenvalue weighted by atomic mass is 32.2. The van der Waals surface area contributed by atoms with Gasteiger partial charge in [0.25, 0.3) is 0 Å². The first-order valence-corrected chi connectivity index (χ1v) is 9.22. The van der Waals surface area contributed by atoms with Gasteiger partial charge in [-0.15, -0.1) is 0 Å². The Morgan fingerprint density at radius 2 is 1.64 bits per heavy atom. The molecule has 2 aliphatic rings. The molecule has 0 fully saturated rings. The fourth-order valence-corrected chi connectivity index (χ4v) is 4.83. The molecule has 0 spiro atoms. The summed E-state index contributed by atoms with van der Waals surface area (Å²) >= 11 is 1.71. The van der Waals surface area contributed by atoms with Crippen molar-refractivity contribution in [3.8, 4) is 5.75 Å². The summed E-state index contributed by atoms with van der Waals surface area (Å²) < 4.78 is 0. The predicted octanol–water partition coefficient (Wildman–Crippen LogP) is 6.29. The molecular formula is C22H17NOS. The Balaban J connectivity index is 1.82. The lowest BCUT2D eigenvalue weighted by Crippen LogP contribution is -2.16. The van der Waals surface area contributed by atoms with Crippen LogP contribution in [0.5, 0.6) is 5.75 Å². The van der Waals surface area contributed by atoms with E-state index in [0.29, 0.717) is 5.75 Å². The van der Waals surface area contributed by atoms with Crippen molar-refractivity contribution in [1.82, 2.24) is 0 Å². The number of aromatic hydroxyl groups is 1. The van der Waals surface area contributed by atoms with E-state index in [1.165, 1.54) is 21.6 Å². The van der Waals surface area contributed by atoms with Crippen molar-refractivity contribution in [3.63, 3.8) is 0 Å². The number of rotatable bonds is 1.